The van der Waals surface area contributed by atoms with Crippen LogP contribution in [0.15, 0.2) is 72.8 Å². The number of amides is 3. The number of nitrogens with one attached hydrogen (secondary N) is 1. The molecule has 3 aromatic rings. The molecule has 0 aliphatic carbocycles. The second kappa shape index (κ2) is 8.48. The van der Waals surface area contributed by atoms with Gasteiger partial charge in [-0.15, -0.1) is 11.8 Å². The van der Waals surface area contributed by atoms with Crippen molar-refractivity contribution in [3.63, 3.8) is 0 Å². The highest BCUT2D eigenvalue weighted by atomic mass is 32.2. The average Bonchev–Trinajstić information content (AvgIpc) is 3.37. The molecule has 1 spiro atoms. The maximum atomic E-state index is 14.0. The van der Waals surface area contributed by atoms with E-state index in [4.69, 9.17) is 4.74 Å². The highest BCUT2D eigenvalue weighted by molar-refractivity contribution is 8.01. The van der Waals surface area contributed by atoms with E-state index in [0.717, 1.165) is 22.4 Å². The number of urea groups is 1. The Balaban J connectivity index is 1.49. The molecular formula is C26H25N3O3S. The standard InChI is InChI=1S/C26H25N3O3S/c1-18-7-5-8-19(15-18)17-28-23-12-4-3-11-22(23)26(24(28)30)29(13-14-33-26)25(31)27-20-9-6-10-21(16-20)32-2/h3-12,15-16H,13-14,17H2,1-2H3,(H,27,31)/t26-/m0/s1. The van der Waals surface area contributed by atoms with E-state index in [1.54, 1.807) is 18.1 Å². The minimum absolute atomic E-state index is 0.0755. The van der Waals surface area contributed by atoms with Crippen LogP contribution in [0.3, 0.4) is 0 Å². The summed E-state index contributed by atoms with van der Waals surface area (Å²) in [6, 6.07) is 22.9. The third-order valence-corrected chi connectivity index (χ3v) is 7.51. The Morgan fingerprint density at radius 2 is 1.91 bits per heavy atom. The molecule has 1 N–H and O–H groups in total. The van der Waals surface area contributed by atoms with Crippen molar-refractivity contribution in [2.24, 2.45) is 0 Å². The molecule has 2 aliphatic rings. The van der Waals surface area contributed by atoms with Gasteiger partial charge in [0.15, 0.2) is 4.87 Å². The van der Waals surface area contributed by atoms with E-state index in [-0.39, 0.29) is 11.9 Å². The van der Waals surface area contributed by atoms with Crippen LogP contribution in [-0.2, 0) is 16.2 Å². The van der Waals surface area contributed by atoms with Crippen molar-refractivity contribution in [1.82, 2.24) is 4.90 Å². The van der Waals surface area contributed by atoms with E-state index in [1.807, 2.05) is 72.5 Å². The number of carbonyl (C=O) groups is 2. The zero-order valence-electron chi connectivity index (χ0n) is 18.6. The zero-order chi connectivity index (χ0) is 23.0. The van der Waals surface area contributed by atoms with Crippen LogP contribution in [0.1, 0.15) is 16.7 Å². The van der Waals surface area contributed by atoms with Crippen molar-refractivity contribution in [2.45, 2.75) is 18.3 Å². The number of carbonyl (C=O) groups excluding carboxylic acids is 2. The van der Waals surface area contributed by atoms with Gasteiger partial charge in [0, 0.05) is 29.6 Å². The number of hydrogen-bond acceptors (Lipinski definition) is 4. The van der Waals surface area contributed by atoms with Crippen LogP contribution in [0.25, 0.3) is 0 Å². The first kappa shape index (κ1) is 21.4. The molecule has 1 atom stereocenters. The molecule has 0 aromatic heterocycles. The summed E-state index contributed by atoms with van der Waals surface area (Å²) in [4.78, 5) is 29.9. The Morgan fingerprint density at radius 1 is 1.09 bits per heavy atom. The van der Waals surface area contributed by atoms with Crippen LogP contribution in [0, 0.1) is 6.92 Å². The summed E-state index contributed by atoms with van der Waals surface area (Å²) in [7, 11) is 1.59. The third-order valence-electron chi connectivity index (χ3n) is 6.09. The lowest BCUT2D eigenvalue weighted by atomic mass is 10.1. The number of benzene rings is 3. The van der Waals surface area contributed by atoms with E-state index >= 15 is 0 Å². The number of methoxy groups -OCH3 is 1. The number of nitrogens with zero attached hydrogens (tertiary/aromatic N) is 2. The van der Waals surface area contributed by atoms with Crippen LogP contribution in [0.2, 0.25) is 0 Å². The van der Waals surface area contributed by atoms with Crippen LogP contribution in [0.5, 0.6) is 5.75 Å². The zero-order valence-corrected chi connectivity index (χ0v) is 19.4. The maximum Gasteiger partial charge on any atom is 0.323 e. The van der Waals surface area contributed by atoms with E-state index in [0.29, 0.717) is 30.3 Å². The number of ether oxygens (including phenoxy) is 1. The topological polar surface area (TPSA) is 61.9 Å². The van der Waals surface area contributed by atoms with Gasteiger partial charge < -0.3 is 15.0 Å². The number of hydrogen-bond donors (Lipinski definition) is 1. The molecule has 2 heterocycles. The summed E-state index contributed by atoms with van der Waals surface area (Å²) in [6.07, 6.45) is 0. The number of para-hydroxylation sites is 1. The first-order valence-electron chi connectivity index (χ1n) is 10.9. The lowest BCUT2D eigenvalue weighted by molar-refractivity contribution is -0.123. The van der Waals surface area contributed by atoms with Crippen molar-refractivity contribution in [1.29, 1.82) is 0 Å². The second-order valence-corrected chi connectivity index (χ2v) is 9.49. The van der Waals surface area contributed by atoms with Crippen LogP contribution >= 0.6 is 11.8 Å². The molecule has 5 rings (SSSR count). The molecule has 7 heteroatoms. The normalized spacial score (nSPS) is 19.2. The first-order chi connectivity index (χ1) is 16.0. The SMILES string of the molecule is COc1cccc(NC(=O)N2CCS[C@@]23C(=O)N(Cc2cccc(C)c2)c2ccccc23)c1. The number of anilines is 2. The average molecular weight is 460 g/mol. The van der Waals surface area contributed by atoms with Gasteiger partial charge in [0.05, 0.1) is 19.3 Å². The maximum absolute atomic E-state index is 14.0. The van der Waals surface area contributed by atoms with Crippen molar-refractivity contribution in [2.75, 3.05) is 29.6 Å². The summed E-state index contributed by atoms with van der Waals surface area (Å²) in [6.45, 7) is 2.99. The smallest absolute Gasteiger partial charge is 0.323 e. The number of rotatable bonds is 4. The van der Waals surface area contributed by atoms with Crippen LogP contribution in [-0.4, -0.2) is 36.2 Å². The molecule has 2 aliphatic heterocycles. The highest BCUT2D eigenvalue weighted by Crippen LogP contribution is 2.54. The molecule has 33 heavy (non-hydrogen) atoms. The lowest BCUT2D eigenvalue weighted by Crippen LogP contribution is -2.51. The van der Waals surface area contributed by atoms with Crippen molar-refractivity contribution in [3.8, 4) is 5.75 Å². The fourth-order valence-corrected chi connectivity index (χ4v) is 6.07. The molecule has 6 nitrogen and oxygen atoms in total. The summed E-state index contributed by atoms with van der Waals surface area (Å²) >= 11 is 1.52. The quantitative estimate of drug-likeness (QED) is 0.598. The fraction of sp³-hybridized carbons (Fsp3) is 0.231. The van der Waals surface area contributed by atoms with E-state index in [1.165, 1.54) is 11.8 Å². The predicted octanol–water partition coefficient (Wildman–Crippen LogP) is 4.98. The largest absolute Gasteiger partial charge is 0.497 e. The van der Waals surface area contributed by atoms with Crippen molar-refractivity contribution < 1.29 is 14.3 Å². The molecule has 1 saturated heterocycles. The summed E-state index contributed by atoms with van der Waals surface area (Å²) in [5.41, 5.74) is 4.56. The lowest BCUT2D eigenvalue weighted by Gasteiger charge is -2.33. The van der Waals surface area contributed by atoms with Gasteiger partial charge in [-0.3, -0.25) is 9.69 Å². The molecule has 0 unspecified atom stereocenters. The van der Waals surface area contributed by atoms with Crippen molar-refractivity contribution >= 4 is 35.1 Å². The van der Waals surface area contributed by atoms with Gasteiger partial charge >= 0.3 is 6.03 Å². The minimum Gasteiger partial charge on any atom is -0.497 e. The minimum atomic E-state index is -1.07. The Hall–Kier alpha value is -3.45. The Morgan fingerprint density at radius 3 is 2.73 bits per heavy atom. The molecule has 0 bridgehead atoms. The van der Waals surface area contributed by atoms with Crippen molar-refractivity contribution in [3.05, 3.63) is 89.5 Å². The summed E-state index contributed by atoms with van der Waals surface area (Å²) < 4.78 is 5.27. The fourth-order valence-electron chi connectivity index (χ4n) is 4.61. The number of fused-ring (bicyclic) bond motifs is 2. The van der Waals surface area contributed by atoms with Gasteiger partial charge in [-0.2, -0.15) is 0 Å². The molecule has 3 amide bonds. The highest BCUT2D eigenvalue weighted by Gasteiger charge is 2.59. The van der Waals surface area contributed by atoms with E-state index < -0.39 is 4.87 Å². The van der Waals surface area contributed by atoms with Gasteiger partial charge in [-0.1, -0.05) is 54.1 Å². The predicted molar refractivity (Wildman–Crippen MR) is 132 cm³/mol. The Labute approximate surface area is 197 Å². The molecular weight excluding hydrogens is 434 g/mol. The van der Waals surface area contributed by atoms with Crippen LogP contribution in [0.4, 0.5) is 16.2 Å². The van der Waals surface area contributed by atoms with Gasteiger partial charge in [0.2, 0.25) is 0 Å². The molecule has 168 valence electrons. The molecule has 3 aromatic carbocycles. The Bertz CT molecular complexity index is 1230. The molecule has 1 fully saturated rings. The summed E-state index contributed by atoms with van der Waals surface area (Å²) in [5.74, 6) is 1.27. The molecule has 0 radical (unpaired) electrons. The third kappa shape index (κ3) is 3.62. The number of thioether (sulfide) groups is 1. The Kier molecular flexibility index (Phi) is 5.50. The summed E-state index contributed by atoms with van der Waals surface area (Å²) in [5, 5.41) is 2.96. The van der Waals surface area contributed by atoms with E-state index in [2.05, 4.69) is 11.4 Å². The number of aryl methyl sites for hydroxylation is 1. The van der Waals surface area contributed by atoms with Gasteiger partial charge in [0.1, 0.15) is 5.75 Å². The second-order valence-electron chi connectivity index (χ2n) is 8.20. The molecule has 0 saturated carbocycles. The monoisotopic (exact) mass is 459 g/mol. The van der Waals surface area contributed by atoms with Gasteiger partial charge in [0.25, 0.3) is 5.91 Å². The first-order valence-corrected chi connectivity index (χ1v) is 11.8. The van der Waals surface area contributed by atoms with E-state index in [9.17, 15) is 9.59 Å². The van der Waals surface area contributed by atoms with Crippen LogP contribution < -0.4 is 15.0 Å². The van der Waals surface area contributed by atoms with Gasteiger partial charge in [-0.05, 0) is 30.7 Å². The van der Waals surface area contributed by atoms with Gasteiger partial charge in [-0.25, -0.2) is 4.79 Å².